The Hall–Kier alpha value is -2.46. The minimum absolute atomic E-state index is 0.399. The van der Waals surface area contributed by atoms with Crippen LogP contribution in [0.25, 0.3) is 22.0 Å². The van der Waals surface area contributed by atoms with Gasteiger partial charge in [0, 0.05) is 25.8 Å². The molecule has 0 radical (unpaired) electrons. The molecule has 1 N–H and O–H groups in total. The van der Waals surface area contributed by atoms with Crippen molar-refractivity contribution in [2.75, 3.05) is 19.5 Å². The second kappa shape index (κ2) is 5.89. The van der Waals surface area contributed by atoms with Crippen molar-refractivity contribution in [1.29, 1.82) is 0 Å². The van der Waals surface area contributed by atoms with Gasteiger partial charge in [-0.3, -0.25) is 0 Å². The van der Waals surface area contributed by atoms with E-state index in [9.17, 15) is 0 Å². The molecule has 21 heavy (non-hydrogen) atoms. The molecule has 106 valence electrons. The van der Waals surface area contributed by atoms with Crippen molar-refractivity contribution in [3.8, 4) is 11.3 Å². The Morgan fingerprint density at radius 3 is 2.57 bits per heavy atom. The quantitative estimate of drug-likeness (QED) is 0.794. The van der Waals surface area contributed by atoms with Crippen LogP contribution in [-0.2, 0) is 11.3 Å². The van der Waals surface area contributed by atoms with Gasteiger partial charge < -0.3 is 10.1 Å². The smallest absolute Gasteiger partial charge is 0.157 e. The van der Waals surface area contributed by atoms with Gasteiger partial charge in [-0.25, -0.2) is 9.97 Å². The minimum Gasteiger partial charge on any atom is -0.377 e. The summed E-state index contributed by atoms with van der Waals surface area (Å²) in [7, 11) is 3.49. The van der Waals surface area contributed by atoms with E-state index in [1.807, 2.05) is 25.2 Å². The van der Waals surface area contributed by atoms with Gasteiger partial charge >= 0.3 is 0 Å². The fourth-order valence-corrected chi connectivity index (χ4v) is 2.32. The lowest BCUT2D eigenvalue weighted by molar-refractivity contribution is 0.178. The first-order chi connectivity index (χ1) is 10.3. The Morgan fingerprint density at radius 1 is 1.00 bits per heavy atom. The van der Waals surface area contributed by atoms with Crippen molar-refractivity contribution in [1.82, 2.24) is 9.97 Å². The summed E-state index contributed by atoms with van der Waals surface area (Å²) in [6.45, 7) is 0.399. The molecule has 4 heteroatoms. The third-order valence-electron chi connectivity index (χ3n) is 3.35. The van der Waals surface area contributed by atoms with Crippen LogP contribution < -0.4 is 5.32 Å². The average molecular weight is 279 g/mol. The molecule has 0 saturated carbocycles. The Balaban J connectivity index is 2.10. The lowest BCUT2D eigenvalue weighted by atomic mass is 10.0. The van der Waals surface area contributed by atoms with Crippen molar-refractivity contribution >= 4 is 16.6 Å². The first-order valence-electron chi connectivity index (χ1n) is 6.84. The summed E-state index contributed by atoms with van der Waals surface area (Å²) in [5.41, 5.74) is 1.97. The van der Waals surface area contributed by atoms with Crippen molar-refractivity contribution in [3.63, 3.8) is 0 Å². The highest BCUT2D eigenvalue weighted by Gasteiger charge is 2.07. The molecule has 0 aliphatic rings. The summed E-state index contributed by atoms with van der Waals surface area (Å²) in [4.78, 5) is 8.95. The molecule has 0 fully saturated rings. The lowest BCUT2D eigenvalue weighted by Gasteiger charge is -2.08. The van der Waals surface area contributed by atoms with E-state index in [0.717, 1.165) is 17.1 Å². The van der Waals surface area contributed by atoms with Gasteiger partial charge in [-0.2, -0.15) is 0 Å². The number of hydrogen-bond acceptors (Lipinski definition) is 4. The number of rotatable bonds is 4. The standard InChI is InChI=1S/C17H17N3O/c1-18-16-10-15(19-17(20-16)11-21-2)14-8-7-12-5-3-4-6-13(12)9-14/h3-10H,11H2,1-2H3,(H,18,19,20). The van der Waals surface area contributed by atoms with E-state index in [2.05, 4.69) is 45.6 Å². The summed E-state index contributed by atoms with van der Waals surface area (Å²) >= 11 is 0. The van der Waals surface area contributed by atoms with E-state index in [1.54, 1.807) is 7.11 Å². The number of nitrogens with one attached hydrogen (secondary N) is 1. The molecule has 0 unspecified atom stereocenters. The number of nitrogens with zero attached hydrogens (tertiary/aromatic N) is 2. The van der Waals surface area contributed by atoms with Crippen LogP contribution in [0.15, 0.2) is 48.5 Å². The zero-order valence-corrected chi connectivity index (χ0v) is 12.1. The minimum atomic E-state index is 0.399. The van der Waals surface area contributed by atoms with Crippen molar-refractivity contribution in [2.24, 2.45) is 0 Å². The number of ether oxygens (including phenoxy) is 1. The zero-order valence-electron chi connectivity index (χ0n) is 12.1. The van der Waals surface area contributed by atoms with E-state index in [0.29, 0.717) is 12.4 Å². The fraction of sp³-hybridized carbons (Fsp3) is 0.176. The Morgan fingerprint density at radius 2 is 1.81 bits per heavy atom. The summed E-state index contributed by atoms with van der Waals surface area (Å²) in [5.74, 6) is 1.47. The zero-order chi connectivity index (χ0) is 14.7. The number of benzene rings is 2. The predicted octanol–water partition coefficient (Wildman–Crippen LogP) is 3.48. The monoisotopic (exact) mass is 279 g/mol. The topological polar surface area (TPSA) is 47.0 Å². The Kier molecular flexibility index (Phi) is 3.79. The van der Waals surface area contributed by atoms with Crippen LogP contribution in [0, 0.1) is 0 Å². The molecule has 3 rings (SSSR count). The van der Waals surface area contributed by atoms with E-state index in [1.165, 1.54) is 10.8 Å². The Labute approximate surface area is 123 Å². The highest BCUT2D eigenvalue weighted by atomic mass is 16.5. The van der Waals surface area contributed by atoms with E-state index in [-0.39, 0.29) is 0 Å². The van der Waals surface area contributed by atoms with Crippen molar-refractivity contribution < 1.29 is 4.74 Å². The van der Waals surface area contributed by atoms with Crippen LogP contribution in [0.2, 0.25) is 0 Å². The van der Waals surface area contributed by atoms with E-state index in [4.69, 9.17) is 4.74 Å². The number of fused-ring (bicyclic) bond motifs is 1. The summed E-state index contributed by atoms with van der Waals surface area (Å²) in [6, 6.07) is 16.6. The molecule has 0 saturated heterocycles. The lowest BCUT2D eigenvalue weighted by Crippen LogP contribution is -2.02. The molecule has 0 bridgehead atoms. The average Bonchev–Trinajstić information content (AvgIpc) is 2.54. The maximum atomic E-state index is 5.14. The first kappa shape index (κ1) is 13.5. The maximum Gasteiger partial charge on any atom is 0.157 e. The normalized spacial score (nSPS) is 10.8. The molecule has 0 aliphatic carbocycles. The number of methoxy groups -OCH3 is 1. The van der Waals surface area contributed by atoms with Gasteiger partial charge in [0.15, 0.2) is 5.82 Å². The van der Waals surface area contributed by atoms with Gasteiger partial charge in [-0.15, -0.1) is 0 Å². The van der Waals surface area contributed by atoms with Gasteiger partial charge in [-0.05, 0) is 16.8 Å². The van der Waals surface area contributed by atoms with E-state index < -0.39 is 0 Å². The van der Waals surface area contributed by atoms with Gasteiger partial charge in [0.1, 0.15) is 12.4 Å². The Bertz CT molecular complexity index is 771. The molecular formula is C17H17N3O. The van der Waals surface area contributed by atoms with E-state index >= 15 is 0 Å². The molecule has 1 aromatic heterocycles. The van der Waals surface area contributed by atoms with Crippen LogP contribution >= 0.6 is 0 Å². The van der Waals surface area contributed by atoms with Gasteiger partial charge in [-0.1, -0.05) is 36.4 Å². The van der Waals surface area contributed by atoms with Gasteiger partial charge in [0.05, 0.1) is 5.69 Å². The molecule has 0 atom stereocenters. The van der Waals surface area contributed by atoms with Crippen LogP contribution in [-0.4, -0.2) is 24.1 Å². The van der Waals surface area contributed by atoms with Crippen LogP contribution in [0.5, 0.6) is 0 Å². The summed E-state index contributed by atoms with van der Waals surface area (Å²) < 4.78 is 5.14. The van der Waals surface area contributed by atoms with Gasteiger partial charge in [0.25, 0.3) is 0 Å². The third kappa shape index (κ3) is 2.85. The maximum absolute atomic E-state index is 5.14. The molecule has 0 spiro atoms. The van der Waals surface area contributed by atoms with Crippen molar-refractivity contribution in [2.45, 2.75) is 6.61 Å². The molecule has 4 nitrogen and oxygen atoms in total. The molecule has 0 aliphatic heterocycles. The molecular weight excluding hydrogens is 262 g/mol. The molecule has 0 amide bonds. The number of hydrogen-bond donors (Lipinski definition) is 1. The predicted molar refractivity (Wildman–Crippen MR) is 85.2 cm³/mol. The number of aromatic nitrogens is 2. The highest BCUT2D eigenvalue weighted by molar-refractivity contribution is 5.86. The van der Waals surface area contributed by atoms with Crippen molar-refractivity contribution in [3.05, 3.63) is 54.4 Å². The molecule has 2 aromatic carbocycles. The molecule has 3 aromatic rings. The van der Waals surface area contributed by atoms with Crippen LogP contribution in [0.4, 0.5) is 5.82 Å². The largest absolute Gasteiger partial charge is 0.377 e. The molecule has 1 heterocycles. The highest BCUT2D eigenvalue weighted by Crippen LogP contribution is 2.24. The summed E-state index contributed by atoms with van der Waals surface area (Å²) in [5, 5.41) is 5.49. The summed E-state index contributed by atoms with van der Waals surface area (Å²) in [6.07, 6.45) is 0. The fourth-order valence-electron chi connectivity index (χ4n) is 2.32. The second-order valence-electron chi connectivity index (χ2n) is 4.80. The third-order valence-corrected chi connectivity index (χ3v) is 3.35. The van der Waals surface area contributed by atoms with Crippen LogP contribution in [0.3, 0.4) is 0 Å². The van der Waals surface area contributed by atoms with Crippen LogP contribution in [0.1, 0.15) is 5.82 Å². The SMILES string of the molecule is CNc1cc(-c2ccc3ccccc3c2)nc(COC)n1. The number of anilines is 1. The second-order valence-corrected chi connectivity index (χ2v) is 4.80. The van der Waals surface area contributed by atoms with Gasteiger partial charge in [0.2, 0.25) is 0 Å². The first-order valence-corrected chi connectivity index (χ1v) is 6.84.